The molecule has 18 heavy (non-hydrogen) atoms. The van der Waals surface area contributed by atoms with Crippen LogP contribution in [0.5, 0.6) is 5.75 Å². The Hall–Kier alpha value is -0.770. The molecule has 1 aliphatic rings. The lowest BCUT2D eigenvalue weighted by atomic mass is 10.1. The molecular formula is C14H20ClNO2. The number of nitrogens with zero attached hydrogens (tertiary/aromatic N) is 1. The monoisotopic (exact) mass is 269 g/mol. The molecule has 0 radical (unpaired) electrons. The van der Waals surface area contributed by atoms with Gasteiger partial charge in [0, 0.05) is 24.7 Å². The van der Waals surface area contributed by atoms with Crippen LogP contribution >= 0.6 is 11.6 Å². The highest BCUT2D eigenvalue weighted by Gasteiger charge is 2.21. The van der Waals surface area contributed by atoms with Crippen molar-refractivity contribution >= 4 is 11.6 Å². The Bertz CT molecular complexity index is 373. The Balaban J connectivity index is 1.67. The van der Waals surface area contributed by atoms with Gasteiger partial charge in [-0.25, -0.2) is 0 Å². The highest BCUT2D eigenvalue weighted by Crippen LogP contribution is 2.20. The predicted octanol–water partition coefficient (Wildman–Crippen LogP) is 2.42. The van der Waals surface area contributed by atoms with Crippen LogP contribution in [0.3, 0.4) is 0 Å². The first kappa shape index (κ1) is 13.7. The number of likely N-dealkylation sites (tertiary alicyclic amines) is 1. The molecule has 0 spiro atoms. The SMILES string of the molecule is OCCC1CCN(CCOc2cccc(Cl)c2)C1. The van der Waals surface area contributed by atoms with E-state index >= 15 is 0 Å². The van der Waals surface area contributed by atoms with E-state index < -0.39 is 0 Å². The zero-order valence-corrected chi connectivity index (χ0v) is 11.3. The summed E-state index contributed by atoms with van der Waals surface area (Å²) >= 11 is 5.89. The molecule has 0 saturated carbocycles. The Kier molecular flexibility index (Phi) is 5.29. The molecule has 1 saturated heterocycles. The van der Waals surface area contributed by atoms with Gasteiger partial charge in [0.2, 0.25) is 0 Å². The van der Waals surface area contributed by atoms with E-state index in [1.165, 1.54) is 6.42 Å². The normalized spacial score (nSPS) is 20.2. The molecule has 0 bridgehead atoms. The number of hydrogen-bond donors (Lipinski definition) is 1. The maximum atomic E-state index is 8.91. The van der Waals surface area contributed by atoms with Crippen LogP contribution in [0.15, 0.2) is 24.3 Å². The van der Waals surface area contributed by atoms with Gasteiger partial charge in [-0.1, -0.05) is 17.7 Å². The van der Waals surface area contributed by atoms with Crippen molar-refractivity contribution in [2.45, 2.75) is 12.8 Å². The number of rotatable bonds is 6. The minimum atomic E-state index is 0.303. The van der Waals surface area contributed by atoms with Gasteiger partial charge in [0.1, 0.15) is 12.4 Å². The van der Waals surface area contributed by atoms with E-state index in [0.717, 1.165) is 31.8 Å². The van der Waals surface area contributed by atoms with Gasteiger partial charge in [-0.2, -0.15) is 0 Å². The standard InChI is InChI=1S/C14H20ClNO2/c15-13-2-1-3-14(10-13)18-9-7-16-6-4-12(11-16)5-8-17/h1-3,10,12,17H,4-9,11H2. The molecular weight excluding hydrogens is 250 g/mol. The van der Waals surface area contributed by atoms with E-state index in [-0.39, 0.29) is 0 Å². The van der Waals surface area contributed by atoms with Gasteiger partial charge in [-0.3, -0.25) is 4.90 Å². The number of aliphatic hydroxyl groups excluding tert-OH is 1. The average molecular weight is 270 g/mol. The van der Waals surface area contributed by atoms with Gasteiger partial charge in [-0.05, 0) is 43.5 Å². The first-order valence-electron chi connectivity index (χ1n) is 6.49. The summed E-state index contributed by atoms with van der Waals surface area (Å²) in [6.45, 7) is 4.13. The van der Waals surface area contributed by atoms with Crippen LogP contribution in [-0.2, 0) is 0 Å². The Labute approximate surface area is 113 Å². The van der Waals surface area contributed by atoms with Crippen LogP contribution in [0, 0.1) is 5.92 Å². The third-order valence-electron chi connectivity index (χ3n) is 3.38. The van der Waals surface area contributed by atoms with E-state index in [1.54, 1.807) is 0 Å². The molecule has 1 aromatic carbocycles. The van der Waals surface area contributed by atoms with Gasteiger partial charge in [-0.15, -0.1) is 0 Å². The summed E-state index contributed by atoms with van der Waals surface area (Å²) in [5, 5.41) is 9.61. The number of aliphatic hydroxyl groups is 1. The zero-order valence-electron chi connectivity index (χ0n) is 10.5. The summed E-state index contributed by atoms with van der Waals surface area (Å²) in [5.41, 5.74) is 0. The highest BCUT2D eigenvalue weighted by molar-refractivity contribution is 6.30. The fraction of sp³-hybridized carbons (Fsp3) is 0.571. The molecule has 0 aromatic heterocycles. The molecule has 2 rings (SSSR count). The van der Waals surface area contributed by atoms with E-state index in [1.807, 2.05) is 24.3 Å². The molecule has 1 aliphatic heterocycles. The molecule has 1 N–H and O–H groups in total. The smallest absolute Gasteiger partial charge is 0.120 e. The Morgan fingerprint density at radius 3 is 3.11 bits per heavy atom. The molecule has 4 heteroatoms. The zero-order chi connectivity index (χ0) is 12.8. The molecule has 100 valence electrons. The molecule has 1 heterocycles. The summed E-state index contributed by atoms with van der Waals surface area (Å²) in [5.74, 6) is 1.48. The summed E-state index contributed by atoms with van der Waals surface area (Å²) < 4.78 is 5.67. The van der Waals surface area contributed by atoms with Crippen molar-refractivity contribution < 1.29 is 9.84 Å². The quantitative estimate of drug-likeness (QED) is 0.861. The second kappa shape index (κ2) is 6.98. The third kappa shape index (κ3) is 4.16. The fourth-order valence-corrected chi connectivity index (χ4v) is 2.56. The van der Waals surface area contributed by atoms with Crippen molar-refractivity contribution in [3.8, 4) is 5.75 Å². The number of ether oxygens (including phenoxy) is 1. The first-order valence-corrected chi connectivity index (χ1v) is 6.87. The van der Waals surface area contributed by atoms with Crippen LogP contribution in [0.4, 0.5) is 0 Å². The average Bonchev–Trinajstić information content (AvgIpc) is 2.78. The van der Waals surface area contributed by atoms with Gasteiger partial charge >= 0.3 is 0 Å². The Morgan fingerprint density at radius 1 is 1.44 bits per heavy atom. The lowest BCUT2D eigenvalue weighted by Gasteiger charge is -2.16. The van der Waals surface area contributed by atoms with Gasteiger partial charge in [0.15, 0.2) is 0 Å². The molecule has 1 unspecified atom stereocenters. The van der Waals surface area contributed by atoms with E-state index in [9.17, 15) is 0 Å². The molecule has 1 atom stereocenters. The van der Waals surface area contributed by atoms with Crippen molar-refractivity contribution in [3.05, 3.63) is 29.3 Å². The maximum absolute atomic E-state index is 8.91. The molecule has 0 aliphatic carbocycles. The minimum Gasteiger partial charge on any atom is -0.492 e. The second-order valence-corrected chi connectivity index (χ2v) is 5.21. The summed E-state index contributed by atoms with van der Waals surface area (Å²) in [7, 11) is 0. The first-order chi connectivity index (χ1) is 8.78. The van der Waals surface area contributed by atoms with Crippen LogP contribution in [0.1, 0.15) is 12.8 Å². The second-order valence-electron chi connectivity index (χ2n) is 4.77. The number of hydrogen-bond acceptors (Lipinski definition) is 3. The van der Waals surface area contributed by atoms with Crippen molar-refractivity contribution in [2.24, 2.45) is 5.92 Å². The largest absolute Gasteiger partial charge is 0.492 e. The van der Waals surface area contributed by atoms with Gasteiger partial charge in [0.25, 0.3) is 0 Å². The lowest BCUT2D eigenvalue weighted by molar-refractivity contribution is 0.222. The fourth-order valence-electron chi connectivity index (χ4n) is 2.38. The third-order valence-corrected chi connectivity index (χ3v) is 3.61. The van der Waals surface area contributed by atoms with Gasteiger partial charge < -0.3 is 9.84 Å². The van der Waals surface area contributed by atoms with Crippen molar-refractivity contribution in [1.82, 2.24) is 4.90 Å². The molecule has 1 aromatic rings. The summed E-state index contributed by atoms with van der Waals surface area (Å²) in [4.78, 5) is 2.39. The Morgan fingerprint density at radius 2 is 2.33 bits per heavy atom. The minimum absolute atomic E-state index is 0.303. The van der Waals surface area contributed by atoms with Crippen LogP contribution in [-0.4, -0.2) is 42.9 Å². The summed E-state index contributed by atoms with van der Waals surface area (Å²) in [6, 6.07) is 7.49. The molecule has 0 amide bonds. The van der Waals surface area contributed by atoms with Crippen LogP contribution < -0.4 is 4.74 Å². The van der Waals surface area contributed by atoms with Crippen molar-refractivity contribution in [1.29, 1.82) is 0 Å². The molecule has 3 nitrogen and oxygen atoms in total. The highest BCUT2D eigenvalue weighted by atomic mass is 35.5. The van der Waals surface area contributed by atoms with Crippen molar-refractivity contribution in [2.75, 3.05) is 32.8 Å². The van der Waals surface area contributed by atoms with E-state index in [0.29, 0.717) is 24.2 Å². The topological polar surface area (TPSA) is 32.7 Å². The molecule has 1 fully saturated rings. The predicted molar refractivity (Wildman–Crippen MR) is 73.2 cm³/mol. The summed E-state index contributed by atoms with van der Waals surface area (Å²) in [6.07, 6.45) is 2.11. The number of benzene rings is 1. The van der Waals surface area contributed by atoms with Gasteiger partial charge in [0.05, 0.1) is 0 Å². The maximum Gasteiger partial charge on any atom is 0.120 e. The lowest BCUT2D eigenvalue weighted by Crippen LogP contribution is -2.26. The van der Waals surface area contributed by atoms with Crippen LogP contribution in [0.25, 0.3) is 0 Å². The van der Waals surface area contributed by atoms with Crippen LogP contribution in [0.2, 0.25) is 5.02 Å². The van der Waals surface area contributed by atoms with E-state index in [2.05, 4.69) is 4.90 Å². The van der Waals surface area contributed by atoms with Crippen molar-refractivity contribution in [3.63, 3.8) is 0 Å². The number of halogens is 1. The van der Waals surface area contributed by atoms with E-state index in [4.69, 9.17) is 21.4 Å².